The maximum atomic E-state index is 13.2. The number of anilines is 1. The third-order valence-corrected chi connectivity index (χ3v) is 4.71. The number of aromatic nitrogens is 2. The number of benzene rings is 1. The van der Waals surface area contributed by atoms with Gasteiger partial charge in [-0.1, -0.05) is 0 Å². The first kappa shape index (κ1) is 16.0. The molecule has 1 aromatic heterocycles. The van der Waals surface area contributed by atoms with Crippen LogP contribution in [-0.4, -0.2) is 22.1 Å². The summed E-state index contributed by atoms with van der Waals surface area (Å²) in [6.45, 7) is 1.28. The van der Waals surface area contributed by atoms with Crippen molar-refractivity contribution in [2.75, 3.05) is 11.4 Å². The van der Waals surface area contributed by atoms with E-state index in [9.17, 15) is 18.0 Å². The second-order valence-corrected chi connectivity index (χ2v) is 6.35. The number of fused-ring (bicyclic) bond motifs is 3. The van der Waals surface area contributed by atoms with E-state index in [2.05, 4.69) is 9.88 Å². The minimum Gasteiger partial charge on any atom is -0.473 e. The molecule has 0 N–H and O–H groups in total. The molecule has 0 saturated carbocycles. The lowest BCUT2D eigenvalue weighted by atomic mass is 10.0. The molecule has 4 rings (SSSR count). The topological polar surface area (TPSA) is 47.4 Å². The summed E-state index contributed by atoms with van der Waals surface area (Å²) in [7, 11) is 0. The average Bonchev–Trinajstić information content (AvgIpc) is 2.97. The lowest BCUT2D eigenvalue weighted by molar-refractivity contribution is 0.289. The Morgan fingerprint density at radius 1 is 1.16 bits per heavy atom. The number of halogens is 3. The second-order valence-electron chi connectivity index (χ2n) is 6.35. The quantitative estimate of drug-likeness (QED) is 0.798. The van der Waals surface area contributed by atoms with E-state index in [1.54, 1.807) is 10.6 Å². The highest BCUT2D eigenvalue weighted by Crippen LogP contribution is 2.32. The predicted molar refractivity (Wildman–Crippen MR) is 84.1 cm³/mol. The molecule has 5 nitrogen and oxygen atoms in total. The smallest absolute Gasteiger partial charge is 0.352 e. The van der Waals surface area contributed by atoms with E-state index in [1.165, 1.54) is 0 Å². The van der Waals surface area contributed by atoms with E-state index in [4.69, 9.17) is 4.74 Å². The van der Waals surface area contributed by atoms with Gasteiger partial charge in [-0.25, -0.2) is 18.0 Å². The minimum atomic E-state index is -1.52. The summed E-state index contributed by atoms with van der Waals surface area (Å²) in [4.78, 5) is 18.3. The zero-order valence-electron chi connectivity index (χ0n) is 13.3. The third-order valence-electron chi connectivity index (χ3n) is 4.71. The van der Waals surface area contributed by atoms with Crippen molar-refractivity contribution >= 4 is 5.82 Å². The summed E-state index contributed by atoms with van der Waals surface area (Å²) in [5.41, 5.74) is -0.284. The van der Waals surface area contributed by atoms with Gasteiger partial charge in [-0.15, -0.1) is 0 Å². The van der Waals surface area contributed by atoms with Gasteiger partial charge in [-0.2, -0.15) is 4.98 Å². The first-order chi connectivity index (χ1) is 12.0. The lowest BCUT2D eigenvalue weighted by Crippen LogP contribution is -2.36. The molecule has 3 heterocycles. The molecule has 1 unspecified atom stereocenters. The molecule has 1 aromatic carbocycles. The monoisotopic (exact) mass is 351 g/mol. The van der Waals surface area contributed by atoms with Crippen molar-refractivity contribution in [1.29, 1.82) is 0 Å². The molecule has 132 valence electrons. The van der Waals surface area contributed by atoms with Crippen LogP contribution in [0.4, 0.5) is 19.0 Å². The SMILES string of the molecule is O=c1nc(OCc2cc(F)c(F)c(F)c2)cc2n1CC1CCCCN21. The molecule has 0 amide bonds. The van der Waals surface area contributed by atoms with Crippen molar-refractivity contribution in [3.05, 3.63) is 51.7 Å². The fourth-order valence-electron chi connectivity index (χ4n) is 3.51. The average molecular weight is 351 g/mol. The van der Waals surface area contributed by atoms with Crippen LogP contribution in [0.15, 0.2) is 23.0 Å². The van der Waals surface area contributed by atoms with Crippen LogP contribution in [0.2, 0.25) is 0 Å². The van der Waals surface area contributed by atoms with Crippen LogP contribution < -0.4 is 15.3 Å². The van der Waals surface area contributed by atoms with Gasteiger partial charge in [0.25, 0.3) is 0 Å². The van der Waals surface area contributed by atoms with E-state index in [1.807, 2.05) is 0 Å². The summed E-state index contributed by atoms with van der Waals surface area (Å²) in [5.74, 6) is -3.23. The fourth-order valence-corrected chi connectivity index (χ4v) is 3.51. The molecule has 0 spiro atoms. The summed E-state index contributed by atoms with van der Waals surface area (Å²) >= 11 is 0. The van der Waals surface area contributed by atoms with Gasteiger partial charge in [-0.3, -0.25) is 4.57 Å². The van der Waals surface area contributed by atoms with Gasteiger partial charge in [0.05, 0.1) is 0 Å². The second kappa shape index (κ2) is 6.09. The Balaban J connectivity index is 1.57. The third kappa shape index (κ3) is 2.85. The number of piperidine rings is 1. The Kier molecular flexibility index (Phi) is 3.89. The molecule has 0 aliphatic carbocycles. The Hall–Kier alpha value is -2.51. The molecule has 2 aromatic rings. The lowest BCUT2D eigenvalue weighted by Gasteiger charge is -2.30. The fraction of sp³-hybridized carbons (Fsp3) is 0.412. The Labute approximate surface area is 141 Å². The van der Waals surface area contributed by atoms with Crippen molar-refractivity contribution < 1.29 is 17.9 Å². The van der Waals surface area contributed by atoms with Crippen molar-refractivity contribution in [3.8, 4) is 5.88 Å². The van der Waals surface area contributed by atoms with E-state index in [0.717, 1.165) is 43.8 Å². The molecular formula is C17H16F3N3O2. The number of hydrogen-bond acceptors (Lipinski definition) is 4. The maximum absolute atomic E-state index is 13.2. The van der Waals surface area contributed by atoms with Crippen LogP contribution >= 0.6 is 0 Å². The van der Waals surface area contributed by atoms with Crippen LogP contribution in [0, 0.1) is 17.5 Å². The van der Waals surface area contributed by atoms with Gasteiger partial charge in [0.15, 0.2) is 17.5 Å². The maximum Gasteiger partial charge on any atom is 0.352 e. The van der Waals surface area contributed by atoms with Crippen LogP contribution in [0.5, 0.6) is 5.88 Å². The molecule has 1 atom stereocenters. The first-order valence-electron chi connectivity index (χ1n) is 8.17. The highest BCUT2D eigenvalue weighted by Gasteiger charge is 2.32. The molecule has 0 bridgehead atoms. The van der Waals surface area contributed by atoms with Crippen LogP contribution in [0.3, 0.4) is 0 Å². The van der Waals surface area contributed by atoms with Gasteiger partial charge in [0, 0.05) is 25.2 Å². The summed E-state index contributed by atoms with van der Waals surface area (Å²) < 4.78 is 46.5. The zero-order valence-corrected chi connectivity index (χ0v) is 13.3. The van der Waals surface area contributed by atoms with Crippen LogP contribution in [0.25, 0.3) is 0 Å². The van der Waals surface area contributed by atoms with Crippen molar-refractivity contribution in [1.82, 2.24) is 9.55 Å². The van der Waals surface area contributed by atoms with Crippen molar-refractivity contribution in [2.24, 2.45) is 0 Å². The Morgan fingerprint density at radius 3 is 2.68 bits per heavy atom. The van der Waals surface area contributed by atoms with E-state index in [-0.39, 0.29) is 18.1 Å². The highest BCUT2D eigenvalue weighted by molar-refractivity contribution is 5.47. The van der Waals surface area contributed by atoms with E-state index < -0.39 is 23.1 Å². The Morgan fingerprint density at radius 2 is 1.92 bits per heavy atom. The highest BCUT2D eigenvalue weighted by atomic mass is 19.2. The van der Waals surface area contributed by atoms with Gasteiger partial charge in [0.2, 0.25) is 5.88 Å². The van der Waals surface area contributed by atoms with E-state index in [0.29, 0.717) is 12.6 Å². The van der Waals surface area contributed by atoms with Gasteiger partial charge in [-0.05, 0) is 37.0 Å². The summed E-state index contributed by atoms with van der Waals surface area (Å²) in [6.07, 6.45) is 3.24. The van der Waals surface area contributed by atoms with Crippen LogP contribution in [-0.2, 0) is 13.2 Å². The summed E-state index contributed by atoms with van der Waals surface area (Å²) in [5, 5.41) is 0. The summed E-state index contributed by atoms with van der Waals surface area (Å²) in [6, 6.07) is 3.69. The molecule has 1 fully saturated rings. The first-order valence-corrected chi connectivity index (χ1v) is 8.17. The number of ether oxygens (including phenoxy) is 1. The van der Waals surface area contributed by atoms with Gasteiger partial charge >= 0.3 is 5.69 Å². The Bertz CT molecular complexity index is 861. The number of rotatable bonds is 3. The molecule has 8 heteroatoms. The number of nitrogens with zero attached hydrogens (tertiary/aromatic N) is 3. The normalized spacial score (nSPS) is 18.8. The largest absolute Gasteiger partial charge is 0.473 e. The zero-order chi connectivity index (χ0) is 17.6. The van der Waals surface area contributed by atoms with Gasteiger partial charge < -0.3 is 9.64 Å². The van der Waals surface area contributed by atoms with Crippen molar-refractivity contribution in [3.63, 3.8) is 0 Å². The predicted octanol–water partition coefficient (Wildman–Crippen LogP) is 2.61. The molecule has 2 aliphatic heterocycles. The molecule has 1 saturated heterocycles. The number of hydrogen-bond donors (Lipinski definition) is 0. The molecular weight excluding hydrogens is 335 g/mol. The molecule has 25 heavy (non-hydrogen) atoms. The van der Waals surface area contributed by atoms with E-state index >= 15 is 0 Å². The molecule has 0 radical (unpaired) electrons. The standard InChI is InChI=1S/C17H16F3N3O2/c18-12-5-10(6-13(19)16(12)20)9-25-14-7-15-22-4-2-1-3-11(22)8-23(15)17(24)21-14/h5-7,11H,1-4,8-9H2. The minimum absolute atomic E-state index is 0.0904. The van der Waals surface area contributed by atoms with Crippen molar-refractivity contribution in [2.45, 2.75) is 38.5 Å². The van der Waals surface area contributed by atoms with Crippen LogP contribution in [0.1, 0.15) is 24.8 Å². The molecule has 2 aliphatic rings. The van der Waals surface area contributed by atoms with Gasteiger partial charge in [0.1, 0.15) is 12.4 Å².